The van der Waals surface area contributed by atoms with Gasteiger partial charge >= 0.3 is 5.97 Å². The number of aliphatic carboxylic acids is 1. The lowest BCUT2D eigenvalue weighted by atomic mass is 10.1. The first-order chi connectivity index (χ1) is 10.5. The summed E-state index contributed by atoms with van der Waals surface area (Å²) in [5.41, 5.74) is 0.453. The van der Waals surface area contributed by atoms with Gasteiger partial charge in [0.05, 0.1) is 8.07 Å². The molecule has 2 nitrogen and oxygen atoms in total. The smallest absolute Gasteiger partial charge is 0.330 e. The van der Waals surface area contributed by atoms with Gasteiger partial charge in [0.25, 0.3) is 0 Å². The molecular formula is C19H32O2Si. The van der Waals surface area contributed by atoms with Crippen molar-refractivity contribution in [3.63, 3.8) is 0 Å². The Bertz CT molecular complexity index is 370. The third-order valence-electron chi connectivity index (χ3n) is 4.18. The Labute approximate surface area is 137 Å². The summed E-state index contributed by atoms with van der Waals surface area (Å²) in [5.74, 6) is -0.811. The second kappa shape index (κ2) is 12.2. The quantitative estimate of drug-likeness (QED) is 0.185. The molecule has 124 valence electrons. The summed E-state index contributed by atoms with van der Waals surface area (Å²) >= 11 is 0. The Morgan fingerprint density at radius 1 is 0.955 bits per heavy atom. The monoisotopic (exact) mass is 320 g/mol. The number of carbonyl (C=O) groups is 1. The first kappa shape index (κ1) is 20.6. The molecule has 0 aliphatic rings. The maximum absolute atomic E-state index is 10.7. The minimum atomic E-state index is -1.34. The molecule has 1 N–H and O–H groups in total. The molecule has 0 rings (SSSR count). The number of carboxylic acid groups (broad SMARTS) is 1. The number of rotatable bonds is 14. The third-order valence-corrected chi connectivity index (χ3v) is 9.06. The van der Waals surface area contributed by atoms with Gasteiger partial charge in [-0.3, -0.25) is 0 Å². The molecular weight excluding hydrogens is 288 g/mol. The second-order valence-electron chi connectivity index (χ2n) is 6.12. The maximum atomic E-state index is 10.7. The van der Waals surface area contributed by atoms with E-state index in [9.17, 15) is 4.79 Å². The second-order valence-corrected chi connectivity index (χ2v) is 10.8. The molecule has 0 aromatic carbocycles. The van der Waals surface area contributed by atoms with Crippen molar-refractivity contribution in [3.8, 4) is 0 Å². The lowest BCUT2D eigenvalue weighted by Crippen LogP contribution is -2.31. The Kier molecular flexibility index (Phi) is 11.5. The van der Waals surface area contributed by atoms with Crippen LogP contribution < -0.4 is 0 Å². The molecule has 0 aromatic heterocycles. The summed E-state index contributed by atoms with van der Waals surface area (Å²) in [5, 5.41) is 8.78. The molecule has 0 aliphatic carbocycles. The van der Waals surface area contributed by atoms with Gasteiger partial charge in [-0.15, -0.1) is 19.7 Å². The Hall–Kier alpha value is -1.35. The van der Waals surface area contributed by atoms with Gasteiger partial charge in [-0.25, -0.2) is 4.79 Å². The van der Waals surface area contributed by atoms with E-state index in [-0.39, 0.29) is 0 Å². The highest BCUT2D eigenvalue weighted by Crippen LogP contribution is 2.29. The predicted molar refractivity (Wildman–Crippen MR) is 100 cm³/mol. The van der Waals surface area contributed by atoms with Crippen LogP contribution in [0.25, 0.3) is 0 Å². The fourth-order valence-electron chi connectivity index (χ4n) is 2.88. The highest BCUT2D eigenvalue weighted by molar-refractivity contribution is 6.81. The van der Waals surface area contributed by atoms with E-state index in [0.717, 1.165) is 31.0 Å². The fraction of sp³-hybridized carbons (Fsp3) is 0.526. The van der Waals surface area contributed by atoms with Crippen molar-refractivity contribution < 1.29 is 9.90 Å². The maximum Gasteiger partial charge on any atom is 0.330 e. The summed E-state index contributed by atoms with van der Waals surface area (Å²) in [6.45, 7) is 13.4. The van der Waals surface area contributed by atoms with Gasteiger partial charge in [0.2, 0.25) is 0 Å². The van der Waals surface area contributed by atoms with E-state index in [0.29, 0.717) is 5.57 Å². The molecule has 0 heterocycles. The minimum absolute atomic E-state index is 0.453. The number of hydrogen-bond donors (Lipinski definition) is 1. The van der Waals surface area contributed by atoms with Gasteiger partial charge in [0.1, 0.15) is 0 Å². The molecule has 0 spiro atoms. The van der Waals surface area contributed by atoms with E-state index in [4.69, 9.17) is 5.11 Å². The zero-order valence-corrected chi connectivity index (χ0v) is 15.2. The molecule has 0 atom stereocenters. The zero-order chi connectivity index (χ0) is 16.8. The van der Waals surface area contributed by atoms with Crippen LogP contribution in [0.1, 0.15) is 39.0 Å². The Balaban J connectivity index is 4.10. The number of unbranched alkanes of at least 4 members (excludes halogenated alkanes) is 4. The highest BCUT2D eigenvalue weighted by Gasteiger charge is 2.27. The van der Waals surface area contributed by atoms with Gasteiger partial charge in [-0.05, 0) is 37.9 Å². The molecule has 3 heteroatoms. The lowest BCUT2D eigenvalue weighted by molar-refractivity contribution is -0.132. The summed E-state index contributed by atoms with van der Waals surface area (Å²) in [4.78, 5) is 10.7. The van der Waals surface area contributed by atoms with Crippen LogP contribution in [0.2, 0.25) is 24.2 Å². The van der Waals surface area contributed by atoms with Crippen LogP contribution in [0.4, 0.5) is 0 Å². The van der Waals surface area contributed by atoms with Crippen LogP contribution in [0.3, 0.4) is 0 Å². The number of carboxylic acids is 1. The van der Waals surface area contributed by atoms with Gasteiger partial charge in [0.15, 0.2) is 0 Å². The molecule has 0 radical (unpaired) electrons. The van der Waals surface area contributed by atoms with Gasteiger partial charge in [0, 0.05) is 5.57 Å². The molecule has 0 bridgehead atoms. The molecule has 0 amide bonds. The van der Waals surface area contributed by atoms with Gasteiger partial charge < -0.3 is 5.11 Å². The SMILES string of the molecule is C=CC[Si](CC=C)(CC=C)CCCCCCC=C(C)C(=O)O. The van der Waals surface area contributed by atoms with Crippen molar-refractivity contribution in [1.82, 2.24) is 0 Å². The highest BCUT2D eigenvalue weighted by atomic mass is 28.3. The van der Waals surface area contributed by atoms with E-state index >= 15 is 0 Å². The van der Waals surface area contributed by atoms with Gasteiger partial charge in [-0.1, -0.05) is 49.6 Å². The predicted octanol–water partition coefficient (Wildman–Crippen LogP) is 5.97. The normalized spacial score (nSPS) is 12.0. The summed E-state index contributed by atoms with van der Waals surface area (Å²) in [6.07, 6.45) is 13.6. The van der Waals surface area contributed by atoms with E-state index in [1.165, 1.54) is 25.3 Å². The molecule has 0 saturated heterocycles. The summed E-state index contributed by atoms with van der Waals surface area (Å²) in [7, 11) is -1.34. The van der Waals surface area contributed by atoms with Crippen LogP contribution in [-0.2, 0) is 4.79 Å². The van der Waals surface area contributed by atoms with Crippen LogP contribution >= 0.6 is 0 Å². The summed E-state index contributed by atoms with van der Waals surface area (Å²) in [6, 6.07) is 4.74. The van der Waals surface area contributed by atoms with Crippen molar-refractivity contribution in [2.24, 2.45) is 0 Å². The van der Waals surface area contributed by atoms with Crippen molar-refractivity contribution >= 4 is 14.0 Å². The van der Waals surface area contributed by atoms with Crippen LogP contribution in [-0.4, -0.2) is 19.1 Å². The van der Waals surface area contributed by atoms with E-state index in [2.05, 4.69) is 38.0 Å². The third kappa shape index (κ3) is 8.83. The molecule has 0 aliphatic heterocycles. The number of hydrogen-bond acceptors (Lipinski definition) is 1. The van der Waals surface area contributed by atoms with E-state index in [1.807, 2.05) is 6.08 Å². The van der Waals surface area contributed by atoms with Crippen molar-refractivity contribution in [3.05, 3.63) is 49.6 Å². The number of allylic oxidation sites excluding steroid dienone is 4. The average molecular weight is 321 g/mol. The molecule has 0 fully saturated rings. The van der Waals surface area contributed by atoms with E-state index in [1.54, 1.807) is 6.92 Å². The first-order valence-corrected chi connectivity index (χ1v) is 11.1. The Morgan fingerprint density at radius 2 is 1.45 bits per heavy atom. The summed E-state index contributed by atoms with van der Waals surface area (Å²) < 4.78 is 0. The van der Waals surface area contributed by atoms with E-state index < -0.39 is 14.0 Å². The standard InChI is InChI=1S/C19H32O2Si/c1-5-14-22(15-6-2,16-7-3)17-12-10-8-9-11-13-18(4)19(20)21/h5-7,13H,1-3,8-12,14-17H2,4H3,(H,20,21). The van der Waals surface area contributed by atoms with Gasteiger partial charge in [-0.2, -0.15) is 0 Å². The first-order valence-electron chi connectivity index (χ1n) is 8.24. The molecule has 22 heavy (non-hydrogen) atoms. The van der Waals surface area contributed by atoms with Crippen molar-refractivity contribution in [2.45, 2.75) is 63.2 Å². The lowest BCUT2D eigenvalue weighted by Gasteiger charge is -2.28. The average Bonchev–Trinajstić information content (AvgIpc) is 2.46. The Morgan fingerprint density at radius 3 is 1.91 bits per heavy atom. The fourth-order valence-corrected chi connectivity index (χ4v) is 6.83. The molecule has 0 saturated carbocycles. The van der Waals surface area contributed by atoms with Crippen molar-refractivity contribution in [2.75, 3.05) is 0 Å². The topological polar surface area (TPSA) is 37.3 Å². The van der Waals surface area contributed by atoms with Crippen molar-refractivity contribution in [1.29, 1.82) is 0 Å². The minimum Gasteiger partial charge on any atom is -0.478 e. The zero-order valence-electron chi connectivity index (χ0n) is 14.2. The van der Waals surface area contributed by atoms with Crippen LogP contribution in [0, 0.1) is 0 Å². The van der Waals surface area contributed by atoms with Crippen LogP contribution in [0.15, 0.2) is 49.6 Å². The molecule has 0 unspecified atom stereocenters. The largest absolute Gasteiger partial charge is 0.478 e. The van der Waals surface area contributed by atoms with Crippen LogP contribution in [0.5, 0.6) is 0 Å². The molecule has 0 aromatic rings.